The van der Waals surface area contributed by atoms with Gasteiger partial charge in [-0.05, 0) is 6.07 Å². The van der Waals surface area contributed by atoms with E-state index >= 15 is 0 Å². The van der Waals surface area contributed by atoms with Crippen molar-refractivity contribution >= 4 is 28.1 Å². The van der Waals surface area contributed by atoms with E-state index in [1.54, 1.807) is 30.7 Å². The van der Waals surface area contributed by atoms with Crippen LogP contribution in [0, 0.1) is 10.1 Å². The molecular weight excluding hydrogens is 354 g/mol. The van der Waals surface area contributed by atoms with Gasteiger partial charge in [-0.15, -0.1) is 11.3 Å². The van der Waals surface area contributed by atoms with Crippen LogP contribution in [-0.2, 0) is 11.2 Å². The second-order valence-corrected chi connectivity index (χ2v) is 6.24. The lowest BCUT2D eigenvalue weighted by Crippen LogP contribution is -2.14. The van der Waals surface area contributed by atoms with Crippen molar-refractivity contribution in [3.05, 3.63) is 69.6 Å². The first kappa shape index (κ1) is 17.6. The number of para-hydroxylation sites is 1. The summed E-state index contributed by atoms with van der Waals surface area (Å²) in [5.74, 6) is 0.438. The minimum Gasteiger partial charge on any atom is -0.496 e. The highest BCUT2D eigenvalue weighted by molar-refractivity contribution is 7.14. The fraction of sp³-hybridized carbons (Fsp3) is 0.111. The van der Waals surface area contributed by atoms with Crippen LogP contribution in [0.4, 0.5) is 10.8 Å². The molecule has 0 aliphatic carbocycles. The average Bonchev–Trinajstić information content (AvgIpc) is 3.10. The van der Waals surface area contributed by atoms with E-state index in [4.69, 9.17) is 4.74 Å². The van der Waals surface area contributed by atoms with Crippen LogP contribution in [0.25, 0.3) is 11.3 Å². The number of carbonyl (C=O) groups excluding carboxylic acids is 1. The maximum atomic E-state index is 12.2. The summed E-state index contributed by atoms with van der Waals surface area (Å²) in [7, 11) is 1.56. The zero-order chi connectivity index (χ0) is 18.5. The molecule has 0 spiro atoms. The minimum absolute atomic E-state index is 0.00254. The first-order valence-corrected chi connectivity index (χ1v) is 8.57. The summed E-state index contributed by atoms with van der Waals surface area (Å²) in [4.78, 5) is 27.0. The Hall–Kier alpha value is -3.26. The number of hydrogen-bond acceptors (Lipinski definition) is 6. The smallest absolute Gasteiger partial charge is 0.270 e. The predicted molar refractivity (Wildman–Crippen MR) is 99.5 cm³/mol. The molecule has 7 nitrogen and oxygen atoms in total. The van der Waals surface area contributed by atoms with Crippen molar-refractivity contribution in [3.8, 4) is 17.0 Å². The van der Waals surface area contributed by atoms with Gasteiger partial charge >= 0.3 is 0 Å². The Kier molecular flexibility index (Phi) is 5.23. The van der Waals surface area contributed by atoms with Crippen molar-refractivity contribution in [2.24, 2.45) is 0 Å². The Labute approximate surface area is 153 Å². The second-order valence-electron chi connectivity index (χ2n) is 5.38. The lowest BCUT2D eigenvalue weighted by atomic mass is 10.1. The van der Waals surface area contributed by atoms with Gasteiger partial charge in [0, 0.05) is 28.6 Å². The lowest BCUT2D eigenvalue weighted by Gasteiger charge is -2.07. The molecule has 3 rings (SSSR count). The zero-order valence-electron chi connectivity index (χ0n) is 13.8. The monoisotopic (exact) mass is 369 g/mol. The van der Waals surface area contributed by atoms with Gasteiger partial charge < -0.3 is 10.1 Å². The molecule has 0 saturated carbocycles. The van der Waals surface area contributed by atoms with Gasteiger partial charge in [0.1, 0.15) is 5.75 Å². The van der Waals surface area contributed by atoms with Crippen molar-refractivity contribution in [1.82, 2.24) is 4.98 Å². The quantitative estimate of drug-likeness (QED) is 0.525. The van der Waals surface area contributed by atoms with E-state index in [1.165, 1.54) is 23.5 Å². The van der Waals surface area contributed by atoms with Gasteiger partial charge in [0.05, 0.1) is 24.1 Å². The van der Waals surface area contributed by atoms with Crippen molar-refractivity contribution in [1.29, 1.82) is 0 Å². The Balaban J connectivity index is 1.71. The number of methoxy groups -OCH3 is 1. The fourth-order valence-corrected chi connectivity index (χ4v) is 3.16. The van der Waals surface area contributed by atoms with Crippen LogP contribution in [0.2, 0.25) is 0 Å². The first-order chi connectivity index (χ1) is 12.6. The van der Waals surface area contributed by atoms with Gasteiger partial charge in [-0.25, -0.2) is 4.98 Å². The topological polar surface area (TPSA) is 94.4 Å². The molecule has 1 heterocycles. The third kappa shape index (κ3) is 4.04. The number of nitrogens with zero attached hydrogens (tertiary/aromatic N) is 2. The van der Waals surface area contributed by atoms with E-state index in [9.17, 15) is 14.9 Å². The van der Waals surface area contributed by atoms with Crippen LogP contribution >= 0.6 is 11.3 Å². The number of hydrogen-bond donors (Lipinski definition) is 1. The molecule has 3 aromatic rings. The molecular formula is C18H15N3O4S. The molecule has 0 radical (unpaired) electrons. The highest BCUT2D eigenvalue weighted by Gasteiger charge is 2.13. The molecule has 0 aliphatic heterocycles. The largest absolute Gasteiger partial charge is 0.496 e. The number of benzene rings is 2. The van der Waals surface area contributed by atoms with Crippen LogP contribution in [0.5, 0.6) is 5.75 Å². The lowest BCUT2D eigenvalue weighted by molar-refractivity contribution is -0.384. The predicted octanol–water partition coefficient (Wildman–Crippen LogP) is 3.91. The average molecular weight is 369 g/mol. The van der Waals surface area contributed by atoms with E-state index in [1.807, 2.05) is 18.2 Å². The van der Waals surface area contributed by atoms with Gasteiger partial charge in [0.2, 0.25) is 5.91 Å². The fourth-order valence-electron chi connectivity index (χ4n) is 2.43. The minimum atomic E-state index is -0.453. The maximum Gasteiger partial charge on any atom is 0.270 e. The summed E-state index contributed by atoms with van der Waals surface area (Å²) >= 11 is 1.26. The summed E-state index contributed by atoms with van der Waals surface area (Å²) in [5, 5.41) is 15.8. The van der Waals surface area contributed by atoms with Gasteiger partial charge in [0.25, 0.3) is 5.69 Å². The zero-order valence-corrected chi connectivity index (χ0v) is 14.7. The summed E-state index contributed by atoms with van der Waals surface area (Å²) in [6, 6.07) is 13.5. The first-order valence-electron chi connectivity index (χ1n) is 7.69. The number of nitro groups is 1. The number of nitrogens with one attached hydrogen (secondary N) is 1. The molecule has 0 fully saturated rings. The molecule has 2 aromatic carbocycles. The molecule has 1 aromatic heterocycles. The number of carbonyl (C=O) groups is 1. The number of non-ortho nitro benzene ring substituents is 1. The summed E-state index contributed by atoms with van der Waals surface area (Å²) in [5.41, 5.74) is 1.98. The Bertz CT molecular complexity index is 955. The van der Waals surface area contributed by atoms with Crippen LogP contribution in [0.15, 0.2) is 53.9 Å². The molecule has 1 N–H and O–H groups in total. The molecule has 0 saturated heterocycles. The van der Waals surface area contributed by atoms with Crippen LogP contribution < -0.4 is 10.1 Å². The Morgan fingerprint density at radius 2 is 2.08 bits per heavy atom. The van der Waals surface area contributed by atoms with Gasteiger partial charge in [-0.1, -0.05) is 30.3 Å². The molecule has 132 valence electrons. The number of anilines is 1. The number of amides is 1. The van der Waals surface area contributed by atoms with E-state index in [-0.39, 0.29) is 18.0 Å². The standard InChI is InChI=1S/C18H15N3O4S/c1-25-16-8-3-2-5-13(16)10-17(22)20-18-19-15(11-26-18)12-6-4-7-14(9-12)21(23)24/h2-9,11H,10H2,1H3,(H,19,20,22). The number of rotatable bonds is 6. The number of ether oxygens (including phenoxy) is 1. The van der Waals surface area contributed by atoms with Crippen molar-refractivity contribution in [2.45, 2.75) is 6.42 Å². The molecule has 26 heavy (non-hydrogen) atoms. The van der Waals surface area contributed by atoms with Gasteiger partial charge in [-0.3, -0.25) is 14.9 Å². The Morgan fingerprint density at radius 1 is 1.27 bits per heavy atom. The highest BCUT2D eigenvalue weighted by atomic mass is 32.1. The van der Waals surface area contributed by atoms with Gasteiger partial charge in [-0.2, -0.15) is 0 Å². The maximum absolute atomic E-state index is 12.2. The van der Waals surface area contributed by atoms with E-state index in [0.29, 0.717) is 22.1 Å². The number of aromatic nitrogens is 1. The summed E-state index contributed by atoms with van der Waals surface area (Å²) in [6.07, 6.45) is 0.162. The Morgan fingerprint density at radius 3 is 2.85 bits per heavy atom. The second kappa shape index (κ2) is 7.75. The van der Waals surface area contributed by atoms with E-state index < -0.39 is 4.92 Å². The number of nitro benzene ring substituents is 1. The van der Waals surface area contributed by atoms with E-state index in [0.717, 1.165) is 5.56 Å². The van der Waals surface area contributed by atoms with Crippen molar-refractivity contribution in [2.75, 3.05) is 12.4 Å². The molecule has 1 amide bonds. The summed E-state index contributed by atoms with van der Waals surface area (Å²) in [6.45, 7) is 0. The highest BCUT2D eigenvalue weighted by Crippen LogP contribution is 2.27. The molecule has 0 aliphatic rings. The SMILES string of the molecule is COc1ccccc1CC(=O)Nc1nc(-c2cccc([N+](=O)[O-])c2)cs1. The third-order valence-electron chi connectivity index (χ3n) is 3.65. The van der Waals surface area contributed by atoms with E-state index in [2.05, 4.69) is 10.3 Å². The van der Waals surface area contributed by atoms with Crippen LogP contribution in [0.1, 0.15) is 5.56 Å². The normalized spacial score (nSPS) is 10.3. The van der Waals surface area contributed by atoms with Gasteiger partial charge in [0.15, 0.2) is 5.13 Å². The third-order valence-corrected chi connectivity index (χ3v) is 4.40. The molecule has 0 bridgehead atoms. The van der Waals surface area contributed by atoms with Crippen molar-refractivity contribution in [3.63, 3.8) is 0 Å². The summed E-state index contributed by atoms with van der Waals surface area (Å²) < 4.78 is 5.24. The molecule has 0 atom stereocenters. The number of thiazole rings is 1. The van der Waals surface area contributed by atoms with Crippen LogP contribution in [-0.4, -0.2) is 22.9 Å². The van der Waals surface area contributed by atoms with Crippen LogP contribution in [0.3, 0.4) is 0 Å². The van der Waals surface area contributed by atoms with Crippen molar-refractivity contribution < 1.29 is 14.5 Å². The molecule has 8 heteroatoms. The molecule has 0 unspecified atom stereocenters.